The summed E-state index contributed by atoms with van der Waals surface area (Å²) in [5, 5.41) is 9.86. The second kappa shape index (κ2) is 6.91. The van der Waals surface area contributed by atoms with Gasteiger partial charge in [-0.05, 0) is 67.7 Å². The van der Waals surface area contributed by atoms with Crippen LogP contribution < -0.4 is 4.74 Å². The molecule has 1 aliphatic rings. The number of halogens is 1. The first-order chi connectivity index (χ1) is 10.4. The van der Waals surface area contributed by atoms with E-state index in [0.717, 1.165) is 46.7 Å². The molecule has 3 atom stereocenters. The van der Waals surface area contributed by atoms with Crippen LogP contribution in [0, 0.1) is 31.6 Å². The van der Waals surface area contributed by atoms with Crippen LogP contribution in [0.25, 0.3) is 0 Å². The summed E-state index contributed by atoms with van der Waals surface area (Å²) >= 11 is 6.33. The van der Waals surface area contributed by atoms with Crippen LogP contribution in [-0.4, -0.2) is 17.7 Å². The quantitative estimate of drug-likeness (QED) is 0.794. The Balaban J connectivity index is 2.23. The number of carbonyl (C=O) groups is 1. The molecule has 4 heteroatoms. The fourth-order valence-electron chi connectivity index (χ4n) is 3.17. The zero-order chi connectivity index (χ0) is 16.4. The summed E-state index contributed by atoms with van der Waals surface area (Å²) in [6.07, 6.45) is 2.57. The van der Waals surface area contributed by atoms with Crippen LogP contribution in [-0.2, 0) is 11.2 Å². The average Bonchev–Trinajstić information content (AvgIpc) is 3.24. The molecular weight excluding hydrogens is 300 g/mol. The number of hydrogen-bond donors (Lipinski definition) is 1. The number of carboxylic acids is 1. The Kier molecular flexibility index (Phi) is 5.38. The Bertz CT molecular complexity index is 568. The van der Waals surface area contributed by atoms with Gasteiger partial charge in [0.05, 0.1) is 12.5 Å². The van der Waals surface area contributed by atoms with Crippen molar-refractivity contribution < 1.29 is 14.6 Å². The third-order valence-corrected chi connectivity index (χ3v) is 5.04. The Labute approximate surface area is 137 Å². The number of aliphatic carboxylic acids is 1. The molecule has 1 aromatic rings. The molecular formula is C18H25ClO3. The molecule has 1 aliphatic carbocycles. The number of carboxylic acid groups (broad SMARTS) is 1. The van der Waals surface area contributed by atoms with Crippen molar-refractivity contribution in [2.24, 2.45) is 17.8 Å². The van der Waals surface area contributed by atoms with Crippen molar-refractivity contribution in [3.63, 3.8) is 0 Å². The van der Waals surface area contributed by atoms with E-state index >= 15 is 0 Å². The van der Waals surface area contributed by atoms with Gasteiger partial charge in [0, 0.05) is 5.02 Å². The van der Waals surface area contributed by atoms with Crippen molar-refractivity contribution in [3.05, 3.63) is 27.8 Å². The number of benzene rings is 1. The zero-order valence-corrected chi connectivity index (χ0v) is 14.5. The van der Waals surface area contributed by atoms with Gasteiger partial charge in [-0.3, -0.25) is 4.79 Å². The maximum Gasteiger partial charge on any atom is 0.306 e. The molecule has 0 saturated heterocycles. The Hall–Kier alpha value is -1.22. The molecule has 0 spiro atoms. The van der Waals surface area contributed by atoms with E-state index in [9.17, 15) is 4.79 Å². The Morgan fingerprint density at radius 1 is 1.50 bits per heavy atom. The van der Waals surface area contributed by atoms with Gasteiger partial charge in [-0.15, -0.1) is 0 Å². The van der Waals surface area contributed by atoms with Crippen LogP contribution in [0.2, 0.25) is 5.02 Å². The molecule has 1 saturated carbocycles. The highest BCUT2D eigenvalue weighted by molar-refractivity contribution is 6.31. The summed E-state index contributed by atoms with van der Waals surface area (Å²) in [7, 11) is 0. The van der Waals surface area contributed by atoms with Gasteiger partial charge in [-0.25, -0.2) is 0 Å². The summed E-state index contributed by atoms with van der Waals surface area (Å²) in [6, 6.07) is 1.95. The minimum Gasteiger partial charge on any atom is -0.493 e. The van der Waals surface area contributed by atoms with Crippen LogP contribution in [0.5, 0.6) is 5.75 Å². The van der Waals surface area contributed by atoms with Crippen molar-refractivity contribution in [2.45, 2.75) is 47.0 Å². The van der Waals surface area contributed by atoms with E-state index in [1.54, 1.807) is 0 Å². The van der Waals surface area contributed by atoms with Gasteiger partial charge < -0.3 is 9.84 Å². The second-order valence-corrected chi connectivity index (χ2v) is 6.89. The maximum absolute atomic E-state index is 11.1. The second-order valence-electron chi connectivity index (χ2n) is 6.48. The largest absolute Gasteiger partial charge is 0.493 e. The van der Waals surface area contributed by atoms with Crippen molar-refractivity contribution >= 4 is 17.6 Å². The molecule has 0 bridgehead atoms. The number of rotatable bonds is 7. The van der Waals surface area contributed by atoms with Crippen LogP contribution in [0.1, 0.15) is 43.4 Å². The lowest BCUT2D eigenvalue weighted by Crippen LogP contribution is -2.11. The van der Waals surface area contributed by atoms with Crippen LogP contribution in [0.3, 0.4) is 0 Å². The summed E-state index contributed by atoms with van der Waals surface area (Å²) in [5.74, 6) is 0.689. The predicted octanol–water partition coefficient (Wildman–Crippen LogP) is 4.64. The highest BCUT2D eigenvalue weighted by Gasteiger charge is 2.46. The third-order valence-electron chi connectivity index (χ3n) is 4.65. The summed E-state index contributed by atoms with van der Waals surface area (Å²) in [4.78, 5) is 11.1. The molecule has 0 amide bonds. The van der Waals surface area contributed by atoms with Crippen molar-refractivity contribution in [1.29, 1.82) is 0 Å². The topological polar surface area (TPSA) is 46.5 Å². The van der Waals surface area contributed by atoms with Gasteiger partial charge in [0.2, 0.25) is 0 Å². The molecule has 0 heterocycles. The molecule has 2 rings (SSSR count). The van der Waals surface area contributed by atoms with Gasteiger partial charge in [0.15, 0.2) is 0 Å². The minimum atomic E-state index is -0.668. The third kappa shape index (κ3) is 3.57. The average molecular weight is 325 g/mol. The number of aryl methyl sites for hydroxylation is 1. The summed E-state index contributed by atoms with van der Waals surface area (Å²) < 4.78 is 5.95. The van der Waals surface area contributed by atoms with Gasteiger partial charge in [0.25, 0.3) is 0 Å². The fourth-order valence-corrected chi connectivity index (χ4v) is 3.45. The van der Waals surface area contributed by atoms with E-state index in [0.29, 0.717) is 12.5 Å². The molecule has 1 fully saturated rings. The fraction of sp³-hybridized carbons (Fsp3) is 0.611. The van der Waals surface area contributed by atoms with Crippen LogP contribution >= 0.6 is 11.6 Å². The van der Waals surface area contributed by atoms with Gasteiger partial charge in [0.1, 0.15) is 5.75 Å². The predicted molar refractivity (Wildman–Crippen MR) is 88.8 cm³/mol. The lowest BCUT2D eigenvalue weighted by Gasteiger charge is -2.20. The van der Waals surface area contributed by atoms with E-state index < -0.39 is 5.97 Å². The van der Waals surface area contributed by atoms with Gasteiger partial charge >= 0.3 is 5.97 Å². The van der Waals surface area contributed by atoms with Crippen LogP contribution in [0.15, 0.2) is 6.07 Å². The van der Waals surface area contributed by atoms with Crippen molar-refractivity contribution in [2.75, 3.05) is 6.61 Å². The minimum absolute atomic E-state index is 0.171. The molecule has 1 aromatic carbocycles. The van der Waals surface area contributed by atoms with Crippen LogP contribution in [0.4, 0.5) is 0 Å². The lowest BCUT2D eigenvalue weighted by atomic mass is 9.91. The monoisotopic (exact) mass is 324 g/mol. The standard InChI is InChI=1S/C18H25ClO3/c1-5-6-22-17-11(3)8-16(19)12(4)14(17)7-10(2)13-9-15(13)18(20)21/h8,10,13,15H,5-7,9H2,1-4H3,(H,20,21). The first-order valence-corrected chi connectivity index (χ1v) is 8.38. The highest BCUT2D eigenvalue weighted by atomic mass is 35.5. The molecule has 3 unspecified atom stereocenters. The van der Waals surface area contributed by atoms with E-state index in [1.807, 2.05) is 19.9 Å². The maximum atomic E-state index is 11.1. The Morgan fingerprint density at radius 3 is 2.73 bits per heavy atom. The SMILES string of the molecule is CCCOc1c(C)cc(Cl)c(C)c1CC(C)C1CC1C(=O)O. The molecule has 0 aliphatic heterocycles. The summed E-state index contributed by atoms with van der Waals surface area (Å²) in [5.41, 5.74) is 3.25. The van der Waals surface area contributed by atoms with Gasteiger partial charge in [-0.1, -0.05) is 25.4 Å². The Morgan fingerprint density at radius 2 is 2.18 bits per heavy atom. The highest BCUT2D eigenvalue weighted by Crippen LogP contribution is 2.46. The first-order valence-electron chi connectivity index (χ1n) is 8.00. The molecule has 122 valence electrons. The summed E-state index contributed by atoms with van der Waals surface area (Å²) in [6.45, 7) is 8.94. The molecule has 0 aromatic heterocycles. The smallest absolute Gasteiger partial charge is 0.306 e. The van der Waals surface area contributed by atoms with E-state index in [4.69, 9.17) is 21.4 Å². The van der Waals surface area contributed by atoms with Crippen molar-refractivity contribution in [1.82, 2.24) is 0 Å². The number of ether oxygens (including phenoxy) is 1. The molecule has 0 radical (unpaired) electrons. The van der Waals surface area contributed by atoms with E-state index in [1.165, 1.54) is 0 Å². The van der Waals surface area contributed by atoms with E-state index in [-0.39, 0.29) is 11.8 Å². The van der Waals surface area contributed by atoms with Gasteiger partial charge in [-0.2, -0.15) is 0 Å². The molecule has 22 heavy (non-hydrogen) atoms. The lowest BCUT2D eigenvalue weighted by molar-refractivity contribution is -0.139. The molecule has 3 nitrogen and oxygen atoms in total. The number of hydrogen-bond acceptors (Lipinski definition) is 2. The van der Waals surface area contributed by atoms with Crippen molar-refractivity contribution in [3.8, 4) is 5.75 Å². The normalized spacial score (nSPS) is 21.5. The van der Waals surface area contributed by atoms with E-state index in [2.05, 4.69) is 13.8 Å². The first kappa shape index (κ1) is 17.1. The molecule has 1 N–H and O–H groups in total. The zero-order valence-electron chi connectivity index (χ0n) is 13.8.